The zero-order valence-electron chi connectivity index (χ0n) is 22.7. The van der Waals surface area contributed by atoms with E-state index in [4.69, 9.17) is 16.3 Å². The molecule has 11 nitrogen and oxygen atoms in total. The normalized spacial score (nSPS) is 12.3. The van der Waals surface area contributed by atoms with Crippen molar-refractivity contribution in [3.8, 4) is 11.4 Å². The molecule has 0 aliphatic carbocycles. The Kier molecular flexibility index (Phi) is 9.52. The van der Waals surface area contributed by atoms with Crippen molar-refractivity contribution >= 4 is 46.7 Å². The van der Waals surface area contributed by atoms with E-state index in [-0.39, 0.29) is 30.5 Å². The summed E-state index contributed by atoms with van der Waals surface area (Å²) in [6.07, 6.45) is 4.59. The SMILES string of the molecule is O=Cc1ccccc1C(=O)NCCCOc1cc(-n2ccccc2=O)ccc1N1C=C(CNC(=O)c2ccc(Cl)s2)NN1. The number of aldehydes is 1. The number of nitrogens with zero attached hydrogens (tertiary/aromatic N) is 2. The predicted octanol–water partition coefficient (Wildman–Crippen LogP) is 3.66. The fraction of sp³-hybridized carbons (Fsp3) is 0.133. The molecule has 5 rings (SSSR count). The Hall–Kier alpha value is -4.91. The number of benzene rings is 2. The molecule has 0 saturated heterocycles. The van der Waals surface area contributed by atoms with E-state index in [0.29, 0.717) is 62.4 Å². The molecular formula is C30H27ClN6O5S. The summed E-state index contributed by atoms with van der Waals surface area (Å²) >= 11 is 7.13. The van der Waals surface area contributed by atoms with Crippen LogP contribution in [-0.2, 0) is 0 Å². The number of rotatable bonds is 12. The third-order valence-corrected chi connectivity index (χ3v) is 7.59. The summed E-state index contributed by atoms with van der Waals surface area (Å²) in [5, 5.41) is 7.36. The summed E-state index contributed by atoms with van der Waals surface area (Å²) in [6, 6.07) is 20.2. The summed E-state index contributed by atoms with van der Waals surface area (Å²) < 4.78 is 8.18. The van der Waals surface area contributed by atoms with Crippen molar-refractivity contribution in [2.75, 3.05) is 24.7 Å². The van der Waals surface area contributed by atoms with Crippen molar-refractivity contribution in [2.24, 2.45) is 0 Å². The van der Waals surface area contributed by atoms with Gasteiger partial charge in [-0.15, -0.1) is 16.9 Å². The third-order valence-electron chi connectivity index (χ3n) is 6.36. The quantitative estimate of drug-likeness (QED) is 0.140. The first-order valence-electron chi connectivity index (χ1n) is 13.3. The number of hydrazine groups is 2. The molecule has 1 aliphatic rings. The number of carbonyl (C=O) groups excluding carboxylic acids is 3. The first kappa shape index (κ1) is 29.6. The Balaban J connectivity index is 1.26. The fourth-order valence-electron chi connectivity index (χ4n) is 4.24. The Morgan fingerprint density at radius 2 is 1.84 bits per heavy atom. The van der Waals surface area contributed by atoms with E-state index >= 15 is 0 Å². The molecule has 0 bridgehead atoms. The van der Waals surface area contributed by atoms with Gasteiger partial charge in [-0.3, -0.25) is 28.8 Å². The number of hydrogen-bond donors (Lipinski definition) is 4. The van der Waals surface area contributed by atoms with E-state index in [1.165, 1.54) is 22.0 Å². The monoisotopic (exact) mass is 618 g/mol. The van der Waals surface area contributed by atoms with Crippen molar-refractivity contribution in [1.29, 1.82) is 0 Å². The van der Waals surface area contributed by atoms with Gasteiger partial charge >= 0.3 is 0 Å². The van der Waals surface area contributed by atoms with Crippen molar-refractivity contribution < 1.29 is 19.1 Å². The van der Waals surface area contributed by atoms with Crippen LogP contribution in [0.25, 0.3) is 5.69 Å². The van der Waals surface area contributed by atoms with Gasteiger partial charge in [0.2, 0.25) is 0 Å². The molecule has 2 aromatic carbocycles. The average Bonchev–Trinajstić information content (AvgIpc) is 3.69. The summed E-state index contributed by atoms with van der Waals surface area (Å²) in [5.41, 5.74) is 8.47. The van der Waals surface area contributed by atoms with Gasteiger partial charge in [0.15, 0.2) is 6.29 Å². The maximum absolute atomic E-state index is 12.5. The number of aromatic nitrogens is 1. The van der Waals surface area contributed by atoms with E-state index in [9.17, 15) is 19.2 Å². The molecule has 2 amide bonds. The first-order chi connectivity index (χ1) is 20.9. The lowest BCUT2D eigenvalue weighted by molar-refractivity contribution is 0.0943. The van der Waals surface area contributed by atoms with Gasteiger partial charge in [-0.2, -0.15) is 0 Å². The van der Waals surface area contributed by atoms with Crippen molar-refractivity contribution in [3.05, 3.63) is 122 Å². The molecule has 0 unspecified atom stereocenters. The zero-order chi connectivity index (χ0) is 30.2. The van der Waals surface area contributed by atoms with Crippen LogP contribution in [0.3, 0.4) is 0 Å². The van der Waals surface area contributed by atoms with Crippen LogP contribution in [0.2, 0.25) is 4.34 Å². The minimum Gasteiger partial charge on any atom is -0.491 e. The molecule has 0 saturated carbocycles. The van der Waals surface area contributed by atoms with Gasteiger partial charge in [-0.25, -0.2) is 0 Å². The number of thiophene rings is 1. The lowest BCUT2D eigenvalue weighted by atomic mass is 10.1. The molecular weight excluding hydrogens is 592 g/mol. The van der Waals surface area contributed by atoms with Crippen LogP contribution in [0.5, 0.6) is 5.75 Å². The second-order valence-corrected chi connectivity index (χ2v) is 11.0. The molecule has 4 aromatic rings. The summed E-state index contributed by atoms with van der Waals surface area (Å²) in [6.45, 7) is 0.813. The molecule has 2 aromatic heterocycles. The number of halogens is 1. The second kappa shape index (κ2) is 13.8. The predicted molar refractivity (Wildman–Crippen MR) is 165 cm³/mol. The highest BCUT2D eigenvalue weighted by Gasteiger charge is 2.19. The number of ether oxygens (including phenoxy) is 1. The van der Waals surface area contributed by atoms with Crippen molar-refractivity contribution in [3.63, 3.8) is 0 Å². The molecule has 0 fully saturated rings. The topological polar surface area (TPSA) is 134 Å². The summed E-state index contributed by atoms with van der Waals surface area (Å²) in [5.74, 6) is -0.0930. The Labute approximate surface area is 255 Å². The fourth-order valence-corrected chi connectivity index (χ4v) is 5.20. The minimum atomic E-state index is -0.340. The van der Waals surface area contributed by atoms with E-state index in [1.54, 1.807) is 78.1 Å². The zero-order valence-corrected chi connectivity index (χ0v) is 24.3. The largest absolute Gasteiger partial charge is 0.491 e. The van der Waals surface area contributed by atoms with E-state index < -0.39 is 0 Å². The number of anilines is 1. The number of carbonyl (C=O) groups is 3. The van der Waals surface area contributed by atoms with Crippen LogP contribution in [0.15, 0.2) is 95.7 Å². The highest BCUT2D eigenvalue weighted by atomic mass is 35.5. The Morgan fingerprint density at radius 3 is 2.63 bits per heavy atom. The standard InChI is InChI=1S/C30H27ClN6O5S/c31-27-12-11-26(43-27)30(41)33-17-21-18-37(35-34-21)24-10-9-22(36-14-4-3-8-28(36)39)16-25(24)42-15-5-13-32-29(40)23-7-2-1-6-20(23)19-38/h1-4,6-12,14,16,18-19,34-35H,5,13,15,17H2,(H,32,40)(H,33,41). The van der Waals surface area contributed by atoms with Crippen LogP contribution in [0.1, 0.15) is 36.8 Å². The van der Waals surface area contributed by atoms with Gasteiger partial charge in [-0.1, -0.05) is 35.9 Å². The molecule has 220 valence electrons. The Bertz CT molecular complexity index is 1740. The van der Waals surface area contributed by atoms with Gasteiger partial charge in [0, 0.05) is 42.2 Å². The van der Waals surface area contributed by atoms with Crippen LogP contribution in [0, 0.1) is 0 Å². The van der Waals surface area contributed by atoms with E-state index in [1.807, 2.05) is 6.07 Å². The molecule has 0 atom stereocenters. The van der Waals surface area contributed by atoms with Gasteiger partial charge in [-0.05, 0) is 42.8 Å². The molecule has 4 N–H and O–H groups in total. The smallest absolute Gasteiger partial charge is 0.261 e. The summed E-state index contributed by atoms with van der Waals surface area (Å²) in [7, 11) is 0. The first-order valence-corrected chi connectivity index (χ1v) is 14.4. The maximum atomic E-state index is 12.5. The van der Waals surface area contributed by atoms with Crippen LogP contribution < -0.4 is 36.9 Å². The van der Waals surface area contributed by atoms with Crippen LogP contribution in [0.4, 0.5) is 5.69 Å². The number of hydrogen-bond acceptors (Lipinski definition) is 9. The van der Waals surface area contributed by atoms with E-state index in [0.717, 1.165) is 0 Å². The molecule has 43 heavy (non-hydrogen) atoms. The molecule has 13 heteroatoms. The molecule has 0 radical (unpaired) electrons. The Morgan fingerprint density at radius 1 is 1.00 bits per heavy atom. The highest BCUT2D eigenvalue weighted by molar-refractivity contribution is 7.18. The number of amides is 2. The van der Waals surface area contributed by atoms with Gasteiger partial charge in [0.05, 0.1) is 33.7 Å². The number of nitrogens with one attached hydrogen (secondary N) is 4. The van der Waals surface area contributed by atoms with Crippen LogP contribution >= 0.6 is 22.9 Å². The van der Waals surface area contributed by atoms with Gasteiger partial charge in [0.1, 0.15) is 11.4 Å². The van der Waals surface area contributed by atoms with Crippen LogP contribution in [-0.4, -0.2) is 42.4 Å². The molecule has 1 aliphatic heterocycles. The minimum absolute atomic E-state index is 0.189. The maximum Gasteiger partial charge on any atom is 0.261 e. The second-order valence-electron chi connectivity index (χ2n) is 9.27. The van der Waals surface area contributed by atoms with Gasteiger partial charge < -0.3 is 20.8 Å². The van der Waals surface area contributed by atoms with E-state index in [2.05, 4.69) is 21.6 Å². The third kappa shape index (κ3) is 7.30. The number of pyridine rings is 1. The van der Waals surface area contributed by atoms with Crippen molar-refractivity contribution in [2.45, 2.75) is 6.42 Å². The van der Waals surface area contributed by atoms with Gasteiger partial charge in [0.25, 0.3) is 17.4 Å². The average molecular weight is 619 g/mol. The molecule has 3 heterocycles. The highest BCUT2D eigenvalue weighted by Crippen LogP contribution is 2.31. The molecule has 0 spiro atoms. The lowest BCUT2D eigenvalue weighted by Crippen LogP contribution is -2.38. The lowest BCUT2D eigenvalue weighted by Gasteiger charge is -2.20. The summed E-state index contributed by atoms with van der Waals surface area (Å²) in [4.78, 5) is 49.1. The van der Waals surface area contributed by atoms with Crippen molar-refractivity contribution in [1.82, 2.24) is 26.2 Å².